The van der Waals surface area contributed by atoms with Crippen molar-refractivity contribution < 1.29 is 9.53 Å². The molecule has 3 aliphatic carbocycles. The number of rotatable bonds is 8. The second kappa shape index (κ2) is 9.85. The largest absolute Gasteiger partial charge is 0.381 e. The lowest BCUT2D eigenvalue weighted by atomic mass is 9.61. The van der Waals surface area contributed by atoms with Crippen molar-refractivity contribution in [1.29, 1.82) is 0 Å². The van der Waals surface area contributed by atoms with Gasteiger partial charge in [-0.15, -0.1) is 0 Å². The van der Waals surface area contributed by atoms with Crippen molar-refractivity contribution in [3.8, 4) is 0 Å². The molecule has 2 spiro atoms. The Morgan fingerprint density at radius 3 is 2.49 bits per heavy atom. The van der Waals surface area contributed by atoms with Crippen LogP contribution in [0.3, 0.4) is 0 Å². The molecule has 0 aromatic heterocycles. The van der Waals surface area contributed by atoms with E-state index in [1.165, 1.54) is 36.0 Å². The Hall–Kier alpha value is -1.33. The minimum absolute atomic E-state index is 0.133. The second-order valence-electron chi connectivity index (χ2n) is 12.5. The van der Waals surface area contributed by atoms with Crippen LogP contribution in [0.1, 0.15) is 89.3 Å². The Labute approximate surface area is 216 Å². The van der Waals surface area contributed by atoms with Gasteiger partial charge in [-0.05, 0) is 79.4 Å². The number of aliphatic imine (C=N–C) groups is 1. The summed E-state index contributed by atoms with van der Waals surface area (Å²) in [5.41, 5.74) is 3.07. The van der Waals surface area contributed by atoms with E-state index in [1.54, 1.807) is 11.8 Å². The molecule has 5 heteroatoms. The summed E-state index contributed by atoms with van der Waals surface area (Å²) in [7, 11) is 1.83. The quantitative estimate of drug-likeness (QED) is 0.407. The van der Waals surface area contributed by atoms with Gasteiger partial charge in [0.05, 0.1) is 6.10 Å². The van der Waals surface area contributed by atoms with Crippen LogP contribution in [0.15, 0.2) is 23.2 Å². The van der Waals surface area contributed by atoms with Crippen LogP contribution in [0.2, 0.25) is 0 Å². The summed E-state index contributed by atoms with van der Waals surface area (Å²) in [4.78, 5) is 22.3. The number of methoxy groups -OCH3 is 1. The third-order valence-electron chi connectivity index (χ3n) is 8.76. The number of nitrogens with zero attached hydrogens (tertiary/aromatic N) is 2. The van der Waals surface area contributed by atoms with Crippen molar-refractivity contribution in [3.05, 3.63) is 34.9 Å². The molecule has 0 radical (unpaired) electrons. The van der Waals surface area contributed by atoms with Gasteiger partial charge in [-0.25, -0.2) is 4.99 Å². The van der Waals surface area contributed by atoms with Gasteiger partial charge in [0.2, 0.25) is 0 Å². The highest BCUT2D eigenvalue weighted by atomic mass is 32.2. The lowest BCUT2D eigenvalue weighted by Crippen LogP contribution is -2.52. The van der Waals surface area contributed by atoms with Crippen LogP contribution in [0.4, 0.5) is 0 Å². The first-order valence-electron chi connectivity index (χ1n) is 14.0. The monoisotopic (exact) mass is 496 g/mol. The molecule has 0 bridgehead atoms. The van der Waals surface area contributed by atoms with Gasteiger partial charge in [-0.3, -0.25) is 9.69 Å². The smallest absolute Gasteiger partial charge is 0.261 e. The zero-order valence-corrected chi connectivity index (χ0v) is 23.3. The number of thioether (sulfide) groups is 1. The van der Waals surface area contributed by atoms with Crippen molar-refractivity contribution in [2.45, 2.75) is 97.1 Å². The molecule has 2 fully saturated rings. The summed E-state index contributed by atoms with van der Waals surface area (Å²) in [5.74, 6) is 3.12. The average molecular weight is 497 g/mol. The summed E-state index contributed by atoms with van der Waals surface area (Å²) in [6, 6.07) is 7.06. The maximum atomic E-state index is 14.7. The van der Waals surface area contributed by atoms with Gasteiger partial charge in [-0.1, -0.05) is 70.5 Å². The fourth-order valence-corrected chi connectivity index (χ4v) is 7.67. The van der Waals surface area contributed by atoms with Crippen LogP contribution < -0.4 is 0 Å². The standard InChI is InChI=1S/C30H44N2O2S/c1-20(2)18-32-27(33)30(31-28(32)35-19-21(3)4)26-16-23(9-8-22-6-7-22)10-11-24(26)17-29(30)14-12-25(34-5)13-15-29/h10-11,16,20-22,25H,6-9,12-15,17-19H2,1-5H3. The van der Waals surface area contributed by atoms with Gasteiger partial charge in [0, 0.05) is 24.8 Å². The molecule has 1 heterocycles. The summed E-state index contributed by atoms with van der Waals surface area (Å²) in [5, 5.41) is 0.960. The summed E-state index contributed by atoms with van der Waals surface area (Å²) in [6.07, 6.45) is 10.5. The predicted molar refractivity (Wildman–Crippen MR) is 146 cm³/mol. The first-order chi connectivity index (χ1) is 16.8. The highest BCUT2D eigenvalue weighted by Crippen LogP contribution is 2.62. The van der Waals surface area contributed by atoms with E-state index in [4.69, 9.17) is 9.73 Å². The molecule has 1 unspecified atom stereocenters. The molecule has 4 nitrogen and oxygen atoms in total. The number of hydrogen-bond donors (Lipinski definition) is 0. The highest BCUT2D eigenvalue weighted by molar-refractivity contribution is 8.13. The third-order valence-corrected chi connectivity index (χ3v) is 10.2. The molecule has 0 saturated heterocycles. The number of ether oxygens (including phenoxy) is 1. The van der Waals surface area contributed by atoms with E-state index in [0.29, 0.717) is 17.9 Å². The molecular formula is C30H44N2O2S. The zero-order valence-electron chi connectivity index (χ0n) is 22.4. The summed E-state index contributed by atoms with van der Waals surface area (Å²) in [6.45, 7) is 9.66. The maximum absolute atomic E-state index is 14.7. The van der Waals surface area contributed by atoms with Crippen molar-refractivity contribution in [3.63, 3.8) is 0 Å². The summed E-state index contributed by atoms with van der Waals surface area (Å²) < 4.78 is 5.75. The van der Waals surface area contributed by atoms with Crippen LogP contribution in [0.25, 0.3) is 0 Å². The molecule has 2 saturated carbocycles. The van der Waals surface area contributed by atoms with E-state index in [1.807, 2.05) is 7.11 Å². The SMILES string of the molecule is COC1CCC2(CC1)Cc1ccc(CCC3CC3)cc1C21N=C(SCC(C)C)N(CC(C)C)C1=O. The minimum atomic E-state index is -0.759. The number of fused-ring (bicyclic) bond motifs is 3. The normalized spacial score (nSPS) is 30.3. The fourth-order valence-electron chi connectivity index (χ4n) is 6.68. The average Bonchev–Trinajstić information content (AvgIpc) is 3.58. The molecule has 1 amide bonds. The molecule has 0 N–H and O–H groups in total. The number of carbonyl (C=O) groups excluding carboxylic acids is 1. The van der Waals surface area contributed by atoms with E-state index in [9.17, 15) is 4.79 Å². The van der Waals surface area contributed by atoms with Gasteiger partial charge in [0.1, 0.15) is 0 Å². The lowest BCUT2D eigenvalue weighted by Gasteiger charge is -2.45. The number of aryl methyl sites for hydroxylation is 1. The Morgan fingerprint density at radius 1 is 1.11 bits per heavy atom. The zero-order chi connectivity index (χ0) is 24.8. The molecule has 35 heavy (non-hydrogen) atoms. The molecule has 1 atom stereocenters. The Bertz CT molecular complexity index is 975. The minimum Gasteiger partial charge on any atom is -0.381 e. The molecule has 192 valence electrons. The van der Waals surface area contributed by atoms with Gasteiger partial charge in [0.15, 0.2) is 10.7 Å². The molecule has 5 rings (SSSR count). The van der Waals surface area contributed by atoms with E-state index in [2.05, 4.69) is 50.8 Å². The molecule has 4 aliphatic rings. The van der Waals surface area contributed by atoms with Crippen molar-refractivity contribution >= 4 is 22.8 Å². The number of carbonyl (C=O) groups is 1. The fraction of sp³-hybridized carbons (Fsp3) is 0.733. The Balaban J connectivity index is 1.58. The van der Waals surface area contributed by atoms with Crippen LogP contribution in [0, 0.1) is 23.2 Å². The van der Waals surface area contributed by atoms with Gasteiger partial charge >= 0.3 is 0 Å². The predicted octanol–water partition coefficient (Wildman–Crippen LogP) is 6.60. The lowest BCUT2D eigenvalue weighted by molar-refractivity contribution is -0.138. The molecular weight excluding hydrogens is 452 g/mol. The Morgan fingerprint density at radius 2 is 1.86 bits per heavy atom. The number of hydrogen-bond acceptors (Lipinski definition) is 4. The van der Waals surface area contributed by atoms with Crippen LogP contribution in [0.5, 0.6) is 0 Å². The number of amides is 1. The second-order valence-corrected chi connectivity index (χ2v) is 13.5. The van der Waals surface area contributed by atoms with Crippen molar-refractivity contribution in [2.24, 2.45) is 28.2 Å². The Kier molecular flexibility index (Phi) is 7.13. The first-order valence-corrected chi connectivity index (χ1v) is 15.0. The van der Waals surface area contributed by atoms with E-state index < -0.39 is 5.54 Å². The van der Waals surface area contributed by atoms with Crippen molar-refractivity contribution in [2.75, 3.05) is 19.4 Å². The third kappa shape index (κ3) is 4.61. The maximum Gasteiger partial charge on any atom is 0.261 e. The van der Waals surface area contributed by atoms with Crippen LogP contribution >= 0.6 is 11.8 Å². The van der Waals surface area contributed by atoms with E-state index in [-0.39, 0.29) is 11.3 Å². The van der Waals surface area contributed by atoms with Crippen molar-refractivity contribution in [1.82, 2.24) is 4.90 Å². The highest BCUT2D eigenvalue weighted by Gasteiger charge is 2.66. The van der Waals surface area contributed by atoms with Gasteiger partial charge in [-0.2, -0.15) is 0 Å². The van der Waals surface area contributed by atoms with Gasteiger partial charge in [0.25, 0.3) is 5.91 Å². The van der Waals surface area contributed by atoms with Crippen LogP contribution in [-0.2, 0) is 27.9 Å². The number of benzene rings is 1. The van der Waals surface area contributed by atoms with E-state index in [0.717, 1.165) is 61.9 Å². The topological polar surface area (TPSA) is 41.9 Å². The molecule has 1 aliphatic heterocycles. The summed E-state index contributed by atoms with van der Waals surface area (Å²) >= 11 is 1.79. The van der Waals surface area contributed by atoms with Crippen LogP contribution in [-0.4, -0.2) is 41.5 Å². The number of amidine groups is 1. The first kappa shape index (κ1) is 25.3. The van der Waals surface area contributed by atoms with Gasteiger partial charge < -0.3 is 4.74 Å². The molecule has 1 aromatic rings. The van der Waals surface area contributed by atoms with E-state index >= 15 is 0 Å². The molecule has 1 aromatic carbocycles.